The zero-order valence-electron chi connectivity index (χ0n) is 13.9. The van der Waals surface area contributed by atoms with E-state index < -0.39 is 12.0 Å². The van der Waals surface area contributed by atoms with Gasteiger partial charge in [0.1, 0.15) is 16.7 Å². The highest BCUT2D eigenvalue weighted by atomic mass is 32.1. The quantitative estimate of drug-likeness (QED) is 0.733. The number of carboxylic acids is 1. The van der Waals surface area contributed by atoms with E-state index in [-0.39, 0.29) is 5.56 Å². The summed E-state index contributed by atoms with van der Waals surface area (Å²) in [6.07, 6.45) is 0.373. The van der Waals surface area contributed by atoms with E-state index >= 15 is 0 Å². The van der Waals surface area contributed by atoms with Gasteiger partial charge in [-0.15, -0.1) is 11.3 Å². The first-order valence-electron chi connectivity index (χ1n) is 7.85. The smallest absolute Gasteiger partial charge is 0.326 e. The molecule has 1 N–H and O–H groups in total. The zero-order valence-corrected chi connectivity index (χ0v) is 14.7. The van der Waals surface area contributed by atoms with Crippen LogP contribution in [0.5, 0.6) is 0 Å². The van der Waals surface area contributed by atoms with E-state index in [4.69, 9.17) is 4.74 Å². The highest BCUT2D eigenvalue weighted by molar-refractivity contribution is 7.21. The van der Waals surface area contributed by atoms with E-state index in [1.54, 1.807) is 13.2 Å². The molecule has 0 saturated carbocycles. The van der Waals surface area contributed by atoms with Crippen LogP contribution < -0.4 is 5.56 Å². The Kier molecular flexibility index (Phi) is 4.96. The average molecular weight is 358 g/mol. The number of carbonyl (C=O) groups is 1. The van der Waals surface area contributed by atoms with Gasteiger partial charge in [0, 0.05) is 18.4 Å². The zero-order chi connectivity index (χ0) is 18.0. The fourth-order valence-electron chi connectivity index (χ4n) is 2.66. The molecule has 0 bridgehead atoms. The van der Waals surface area contributed by atoms with Crippen molar-refractivity contribution in [1.82, 2.24) is 9.55 Å². The van der Waals surface area contributed by atoms with Crippen molar-refractivity contribution in [2.75, 3.05) is 13.7 Å². The van der Waals surface area contributed by atoms with E-state index in [1.807, 2.05) is 30.3 Å². The van der Waals surface area contributed by atoms with Crippen LogP contribution in [-0.4, -0.2) is 34.3 Å². The fraction of sp³-hybridized carbons (Fsp3) is 0.278. The summed E-state index contributed by atoms with van der Waals surface area (Å²) in [4.78, 5) is 30.5. The maximum absolute atomic E-state index is 12.9. The molecule has 2 aromatic heterocycles. The minimum atomic E-state index is -1.07. The molecule has 6 nitrogen and oxygen atoms in total. The van der Waals surface area contributed by atoms with Crippen LogP contribution in [0.2, 0.25) is 0 Å². The van der Waals surface area contributed by atoms with Crippen LogP contribution in [0, 0.1) is 0 Å². The number of thiophene rings is 1. The molecule has 0 saturated heterocycles. The summed E-state index contributed by atoms with van der Waals surface area (Å²) in [5.41, 5.74) is 0.672. The number of hydrogen-bond donors (Lipinski definition) is 1. The summed E-state index contributed by atoms with van der Waals surface area (Å²) in [5.74, 6) is -0.642. The minimum Gasteiger partial charge on any atom is -0.480 e. The van der Waals surface area contributed by atoms with E-state index in [9.17, 15) is 14.7 Å². The van der Waals surface area contributed by atoms with Gasteiger partial charge in [-0.25, -0.2) is 9.78 Å². The van der Waals surface area contributed by atoms with Crippen LogP contribution in [0.3, 0.4) is 0 Å². The second kappa shape index (κ2) is 7.16. The van der Waals surface area contributed by atoms with Gasteiger partial charge in [0.25, 0.3) is 5.56 Å². The lowest BCUT2D eigenvalue weighted by Gasteiger charge is -2.15. The number of aliphatic carboxylic acids is 1. The van der Waals surface area contributed by atoms with Gasteiger partial charge in [0.05, 0.1) is 12.0 Å². The maximum Gasteiger partial charge on any atom is 0.326 e. The van der Waals surface area contributed by atoms with Crippen molar-refractivity contribution in [3.63, 3.8) is 0 Å². The topological polar surface area (TPSA) is 81.4 Å². The Bertz CT molecular complexity index is 962. The van der Waals surface area contributed by atoms with Gasteiger partial charge in [0.15, 0.2) is 0 Å². The molecule has 0 amide bonds. The molecule has 3 aromatic rings. The van der Waals surface area contributed by atoms with Crippen LogP contribution in [-0.2, 0) is 16.0 Å². The number of nitrogens with zero attached hydrogens (tertiary/aromatic N) is 2. The van der Waals surface area contributed by atoms with Crippen LogP contribution in [0.4, 0.5) is 0 Å². The summed E-state index contributed by atoms with van der Waals surface area (Å²) < 4.78 is 6.32. The predicted octanol–water partition coefficient (Wildman–Crippen LogP) is 2.96. The van der Waals surface area contributed by atoms with Gasteiger partial charge in [0.2, 0.25) is 0 Å². The maximum atomic E-state index is 12.9. The molecular weight excluding hydrogens is 340 g/mol. The molecule has 1 aromatic carbocycles. The Hall–Kier alpha value is -2.51. The van der Waals surface area contributed by atoms with Crippen LogP contribution in [0.15, 0.2) is 41.2 Å². The number of carboxylic acid groups (broad SMARTS) is 1. The molecule has 0 aliphatic heterocycles. The Morgan fingerprint density at radius 3 is 2.72 bits per heavy atom. The third-order valence-electron chi connectivity index (χ3n) is 4.00. The summed E-state index contributed by atoms with van der Waals surface area (Å²) in [7, 11) is 1.56. The van der Waals surface area contributed by atoms with Crippen molar-refractivity contribution >= 4 is 27.5 Å². The van der Waals surface area contributed by atoms with E-state index in [0.717, 1.165) is 10.4 Å². The molecule has 0 aliphatic rings. The largest absolute Gasteiger partial charge is 0.480 e. The third-order valence-corrected chi connectivity index (χ3v) is 5.08. The number of methoxy groups -OCH3 is 1. The molecule has 130 valence electrons. The molecule has 1 unspecified atom stereocenters. The summed E-state index contributed by atoms with van der Waals surface area (Å²) in [5, 5.41) is 9.79. The van der Waals surface area contributed by atoms with Crippen molar-refractivity contribution in [3.8, 4) is 10.4 Å². The fourth-order valence-corrected chi connectivity index (χ4v) is 3.71. The van der Waals surface area contributed by atoms with Gasteiger partial charge >= 0.3 is 5.97 Å². The molecule has 0 spiro atoms. The molecule has 25 heavy (non-hydrogen) atoms. The highest BCUT2D eigenvalue weighted by Crippen LogP contribution is 2.31. The van der Waals surface area contributed by atoms with Crippen molar-refractivity contribution in [1.29, 1.82) is 0 Å². The monoisotopic (exact) mass is 358 g/mol. The van der Waals surface area contributed by atoms with Crippen LogP contribution in [0.25, 0.3) is 20.7 Å². The van der Waals surface area contributed by atoms with Gasteiger partial charge in [-0.05, 0) is 18.6 Å². The molecule has 7 heteroatoms. The summed E-state index contributed by atoms with van der Waals surface area (Å²) in [6.45, 7) is 1.85. The number of benzene rings is 1. The first-order valence-corrected chi connectivity index (χ1v) is 8.66. The Morgan fingerprint density at radius 1 is 1.36 bits per heavy atom. The second-order valence-electron chi connectivity index (χ2n) is 5.66. The van der Waals surface area contributed by atoms with E-state index in [1.165, 1.54) is 22.8 Å². The molecular formula is C18H18N2O4S. The minimum absolute atomic E-state index is 0.329. The molecule has 2 heterocycles. The number of fused-ring (bicyclic) bond motifs is 1. The normalized spacial score (nSPS) is 12.4. The molecule has 1 atom stereocenters. The lowest BCUT2D eigenvalue weighted by molar-refractivity contribution is -0.140. The summed E-state index contributed by atoms with van der Waals surface area (Å²) >= 11 is 1.43. The standard InChI is InChI=1S/C18H18N2O4S/c1-11(18(22)23)20-15(8-9-24-2)19-16-13(17(20)21)10-14(25-16)12-6-4-3-5-7-12/h3-7,10-11H,8-9H2,1-2H3,(H,22,23). The van der Waals surface area contributed by atoms with Crippen molar-refractivity contribution < 1.29 is 14.6 Å². The number of ether oxygens (including phenoxy) is 1. The SMILES string of the molecule is COCCc1nc2sc(-c3ccccc3)cc2c(=O)n1C(C)C(=O)O. The number of rotatable bonds is 6. The number of hydrogen-bond acceptors (Lipinski definition) is 5. The van der Waals surface area contributed by atoms with Gasteiger partial charge in [-0.1, -0.05) is 30.3 Å². The van der Waals surface area contributed by atoms with Gasteiger partial charge < -0.3 is 9.84 Å². The lowest BCUT2D eigenvalue weighted by Crippen LogP contribution is -2.32. The Labute approximate surface area is 148 Å². The van der Waals surface area contributed by atoms with Crippen molar-refractivity contribution in [2.24, 2.45) is 0 Å². The van der Waals surface area contributed by atoms with Gasteiger partial charge in [-0.2, -0.15) is 0 Å². The molecule has 0 aliphatic carbocycles. The molecule has 0 fully saturated rings. The predicted molar refractivity (Wildman–Crippen MR) is 97.2 cm³/mol. The second-order valence-corrected chi connectivity index (χ2v) is 6.69. The van der Waals surface area contributed by atoms with Crippen LogP contribution in [0.1, 0.15) is 18.8 Å². The first-order chi connectivity index (χ1) is 12.0. The van der Waals surface area contributed by atoms with E-state index in [0.29, 0.717) is 29.1 Å². The highest BCUT2D eigenvalue weighted by Gasteiger charge is 2.22. The van der Waals surface area contributed by atoms with Crippen molar-refractivity contribution in [2.45, 2.75) is 19.4 Å². The van der Waals surface area contributed by atoms with E-state index in [2.05, 4.69) is 4.98 Å². The lowest BCUT2D eigenvalue weighted by atomic mass is 10.2. The van der Waals surface area contributed by atoms with Crippen LogP contribution >= 0.6 is 11.3 Å². The Balaban J connectivity index is 2.21. The third kappa shape index (κ3) is 3.33. The molecule has 3 rings (SSSR count). The summed E-state index contributed by atoms with van der Waals surface area (Å²) in [6, 6.07) is 10.5. The number of aromatic nitrogens is 2. The van der Waals surface area contributed by atoms with Crippen molar-refractivity contribution in [3.05, 3.63) is 52.6 Å². The average Bonchev–Trinajstić information content (AvgIpc) is 3.04. The Morgan fingerprint density at radius 2 is 2.08 bits per heavy atom. The molecule has 0 radical (unpaired) electrons. The first kappa shape index (κ1) is 17.3. The van der Waals surface area contributed by atoms with Gasteiger partial charge in [-0.3, -0.25) is 9.36 Å².